The van der Waals surface area contributed by atoms with Gasteiger partial charge in [-0.1, -0.05) is 35.9 Å². The van der Waals surface area contributed by atoms with Gasteiger partial charge in [-0.3, -0.25) is 4.79 Å². The normalized spacial score (nSPS) is 11.8. The van der Waals surface area contributed by atoms with Crippen molar-refractivity contribution < 1.29 is 8.42 Å². The topological polar surface area (TPSA) is 79.0 Å². The molecule has 0 unspecified atom stereocenters. The van der Waals surface area contributed by atoms with Crippen molar-refractivity contribution in [3.05, 3.63) is 75.0 Å². The lowest BCUT2D eigenvalue weighted by atomic mass is 10.1. The predicted octanol–water partition coefficient (Wildman–Crippen LogP) is 3.01. The van der Waals surface area contributed by atoms with E-state index in [4.69, 9.17) is 11.6 Å². The Morgan fingerprint density at radius 1 is 1.12 bits per heavy atom. The molecule has 0 fully saturated rings. The molecule has 130 valence electrons. The number of pyridine rings is 1. The van der Waals surface area contributed by atoms with Crippen molar-refractivity contribution in [2.24, 2.45) is 0 Å². The molecule has 0 aliphatic carbocycles. The van der Waals surface area contributed by atoms with Gasteiger partial charge in [0.25, 0.3) is 5.56 Å². The molecule has 2 aromatic carbocycles. The summed E-state index contributed by atoms with van der Waals surface area (Å²) < 4.78 is 27.0. The zero-order chi connectivity index (χ0) is 18.0. The molecule has 0 atom stereocenters. The van der Waals surface area contributed by atoms with Crippen LogP contribution in [-0.2, 0) is 16.4 Å². The molecule has 0 amide bonds. The van der Waals surface area contributed by atoms with Crippen LogP contribution in [0.3, 0.4) is 0 Å². The van der Waals surface area contributed by atoms with E-state index in [2.05, 4.69) is 9.71 Å². The average molecular weight is 377 g/mol. The Bertz CT molecular complexity index is 1090. The van der Waals surface area contributed by atoms with Gasteiger partial charge in [0, 0.05) is 17.1 Å². The molecule has 0 saturated carbocycles. The lowest BCUT2D eigenvalue weighted by Gasteiger charge is -2.08. The zero-order valence-corrected chi connectivity index (χ0v) is 15.1. The third kappa shape index (κ3) is 3.92. The third-order valence-electron chi connectivity index (χ3n) is 3.96. The van der Waals surface area contributed by atoms with Gasteiger partial charge in [-0.15, -0.1) is 0 Å². The highest BCUT2D eigenvalue weighted by Gasteiger charge is 2.14. The molecule has 25 heavy (non-hydrogen) atoms. The summed E-state index contributed by atoms with van der Waals surface area (Å²) in [7, 11) is -3.66. The van der Waals surface area contributed by atoms with Crippen LogP contribution in [0.5, 0.6) is 0 Å². The highest BCUT2D eigenvalue weighted by molar-refractivity contribution is 7.89. The minimum Gasteiger partial charge on any atom is -0.321 e. The van der Waals surface area contributed by atoms with Crippen LogP contribution >= 0.6 is 11.6 Å². The first-order valence-corrected chi connectivity index (χ1v) is 9.60. The lowest BCUT2D eigenvalue weighted by Crippen LogP contribution is -2.27. The van der Waals surface area contributed by atoms with E-state index in [1.54, 1.807) is 18.2 Å². The summed E-state index contributed by atoms with van der Waals surface area (Å²) in [5.41, 5.74) is 2.12. The SMILES string of the molecule is Cc1cccc2cc(CCNS(=O)(=O)c3cccc(Cl)c3)c(=O)[nH]c12. The van der Waals surface area contributed by atoms with Crippen LogP contribution in [0.1, 0.15) is 11.1 Å². The minimum absolute atomic E-state index is 0.100. The molecule has 0 aliphatic heterocycles. The Morgan fingerprint density at radius 3 is 2.64 bits per heavy atom. The lowest BCUT2D eigenvalue weighted by molar-refractivity contribution is 0.581. The molecule has 3 aromatic rings. The molecular formula is C18H17ClN2O3S. The number of rotatable bonds is 5. The van der Waals surface area contributed by atoms with E-state index in [0.29, 0.717) is 17.0 Å². The molecular weight excluding hydrogens is 360 g/mol. The summed E-state index contributed by atoms with van der Waals surface area (Å²) in [5.74, 6) is 0. The van der Waals surface area contributed by atoms with Crippen molar-refractivity contribution in [2.45, 2.75) is 18.2 Å². The number of sulfonamides is 1. The van der Waals surface area contributed by atoms with Gasteiger partial charge in [-0.05, 0) is 48.6 Å². The van der Waals surface area contributed by atoms with E-state index in [-0.39, 0.29) is 17.0 Å². The van der Waals surface area contributed by atoms with Crippen LogP contribution in [0, 0.1) is 6.92 Å². The van der Waals surface area contributed by atoms with E-state index in [9.17, 15) is 13.2 Å². The molecule has 0 radical (unpaired) electrons. The second-order valence-corrected chi connectivity index (χ2v) is 7.97. The summed E-state index contributed by atoms with van der Waals surface area (Å²) in [6, 6.07) is 13.6. The Labute approximate surface area is 150 Å². The van der Waals surface area contributed by atoms with Gasteiger partial charge in [0.05, 0.1) is 10.4 Å². The fourth-order valence-electron chi connectivity index (χ4n) is 2.65. The number of hydrogen-bond donors (Lipinski definition) is 2. The van der Waals surface area contributed by atoms with E-state index < -0.39 is 10.0 Å². The van der Waals surface area contributed by atoms with Crippen LogP contribution in [0.25, 0.3) is 10.9 Å². The largest absolute Gasteiger partial charge is 0.321 e. The van der Waals surface area contributed by atoms with Crippen LogP contribution in [0.2, 0.25) is 5.02 Å². The Morgan fingerprint density at radius 2 is 1.88 bits per heavy atom. The standard InChI is InChI=1S/C18H17ClN2O3S/c1-12-4-2-5-13-10-14(18(22)21-17(12)13)8-9-20-25(23,24)16-7-3-6-15(19)11-16/h2-7,10-11,20H,8-9H2,1H3,(H,21,22). The van der Waals surface area contributed by atoms with Crippen LogP contribution < -0.4 is 10.3 Å². The third-order valence-corrected chi connectivity index (χ3v) is 5.65. The second kappa shape index (κ2) is 7.00. The van der Waals surface area contributed by atoms with Gasteiger partial charge in [0.1, 0.15) is 0 Å². The van der Waals surface area contributed by atoms with E-state index in [1.807, 2.05) is 25.1 Å². The quantitative estimate of drug-likeness (QED) is 0.718. The molecule has 5 nitrogen and oxygen atoms in total. The number of para-hydroxylation sites is 1. The van der Waals surface area contributed by atoms with Crippen LogP contribution in [0.15, 0.2) is 58.2 Å². The van der Waals surface area contributed by atoms with E-state index >= 15 is 0 Å². The van der Waals surface area contributed by atoms with Gasteiger partial charge in [0.15, 0.2) is 0 Å². The maximum absolute atomic E-state index is 12.3. The molecule has 1 heterocycles. The fourth-order valence-corrected chi connectivity index (χ4v) is 3.98. The molecule has 2 N–H and O–H groups in total. The highest BCUT2D eigenvalue weighted by atomic mass is 35.5. The minimum atomic E-state index is -3.66. The first-order valence-electron chi connectivity index (χ1n) is 7.73. The number of fused-ring (bicyclic) bond motifs is 1. The number of halogens is 1. The predicted molar refractivity (Wildman–Crippen MR) is 99.7 cm³/mol. The molecule has 7 heteroatoms. The fraction of sp³-hybridized carbons (Fsp3) is 0.167. The number of hydrogen-bond acceptors (Lipinski definition) is 3. The van der Waals surface area contributed by atoms with E-state index in [0.717, 1.165) is 16.5 Å². The maximum atomic E-state index is 12.3. The number of aromatic amines is 1. The van der Waals surface area contributed by atoms with Crippen molar-refractivity contribution in [1.29, 1.82) is 0 Å². The Balaban J connectivity index is 1.77. The maximum Gasteiger partial charge on any atom is 0.251 e. The molecule has 0 bridgehead atoms. The van der Waals surface area contributed by atoms with Gasteiger partial charge >= 0.3 is 0 Å². The second-order valence-electron chi connectivity index (χ2n) is 5.77. The van der Waals surface area contributed by atoms with Crippen molar-refractivity contribution in [3.63, 3.8) is 0 Å². The number of H-pyrrole nitrogens is 1. The van der Waals surface area contributed by atoms with Gasteiger partial charge in [-0.25, -0.2) is 13.1 Å². The molecule has 1 aromatic heterocycles. The molecule has 0 saturated heterocycles. The number of benzene rings is 2. The van der Waals surface area contributed by atoms with Crippen molar-refractivity contribution >= 4 is 32.5 Å². The smallest absolute Gasteiger partial charge is 0.251 e. The van der Waals surface area contributed by atoms with Crippen LogP contribution in [-0.4, -0.2) is 19.9 Å². The summed E-state index contributed by atoms with van der Waals surface area (Å²) in [4.78, 5) is 15.2. The van der Waals surface area contributed by atoms with E-state index in [1.165, 1.54) is 12.1 Å². The zero-order valence-electron chi connectivity index (χ0n) is 13.5. The molecule has 0 aliphatic rings. The van der Waals surface area contributed by atoms with Crippen molar-refractivity contribution in [3.8, 4) is 0 Å². The van der Waals surface area contributed by atoms with Crippen LogP contribution in [0.4, 0.5) is 0 Å². The Hall–Kier alpha value is -2.15. The first-order chi connectivity index (χ1) is 11.9. The monoisotopic (exact) mass is 376 g/mol. The first kappa shape index (κ1) is 17.7. The molecule has 0 spiro atoms. The number of nitrogens with one attached hydrogen (secondary N) is 2. The summed E-state index contributed by atoms with van der Waals surface area (Å²) in [5, 5.41) is 1.27. The summed E-state index contributed by atoms with van der Waals surface area (Å²) >= 11 is 5.83. The summed E-state index contributed by atoms with van der Waals surface area (Å²) in [6.07, 6.45) is 0.291. The molecule has 3 rings (SSSR count). The summed E-state index contributed by atoms with van der Waals surface area (Å²) in [6.45, 7) is 2.05. The highest BCUT2D eigenvalue weighted by Crippen LogP contribution is 2.16. The van der Waals surface area contributed by atoms with Gasteiger partial charge < -0.3 is 4.98 Å². The van der Waals surface area contributed by atoms with Gasteiger partial charge in [-0.2, -0.15) is 0 Å². The number of aromatic nitrogens is 1. The number of aryl methyl sites for hydroxylation is 1. The van der Waals surface area contributed by atoms with Crippen molar-refractivity contribution in [1.82, 2.24) is 9.71 Å². The average Bonchev–Trinajstić information content (AvgIpc) is 2.56. The Kier molecular flexibility index (Phi) is 4.94. The van der Waals surface area contributed by atoms with Crippen molar-refractivity contribution in [2.75, 3.05) is 6.54 Å². The van der Waals surface area contributed by atoms with Gasteiger partial charge in [0.2, 0.25) is 10.0 Å².